The quantitative estimate of drug-likeness (QED) is 0.541. The fraction of sp³-hybridized carbons (Fsp3) is 0.286. The average Bonchev–Trinajstić information content (AvgIpc) is 2.73. The van der Waals surface area contributed by atoms with E-state index in [0.717, 1.165) is 48.7 Å². The first-order chi connectivity index (χ1) is 13.3. The van der Waals surface area contributed by atoms with E-state index in [-0.39, 0.29) is 5.91 Å². The molecule has 0 aliphatic carbocycles. The zero-order chi connectivity index (χ0) is 18.5. The first kappa shape index (κ1) is 17.9. The third-order valence-electron chi connectivity index (χ3n) is 4.96. The van der Waals surface area contributed by atoms with Gasteiger partial charge in [0.25, 0.3) is 0 Å². The Morgan fingerprint density at radius 3 is 2.56 bits per heavy atom. The van der Waals surface area contributed by atoms with Gasteiger partial charge < -0.3 is 9.80 Å². The smallest absolute Gasteiger partial charge is 0.233 e. The summed E-state index contributed by atoms with van der Waals surface area (Å²) < 4.78 is 0. The van der Waals surface area contributed by atoms with Crippen molar-refractivity contribution in [3.05, 3.63) is 66.5 Å². The molecule has 1 amide bonds. The summed E-state index contributed by atoms with van der Waals surface area (Å²) in [5, 5.41) is 1.89. The molecule has 1 N–H and O–H groups in total. The van der Waals surface area contributed by atoms with Gasteiger partial charge >= 0.3 is 0 Å². The first-order valence-electron chi connectivity index (χ1n) is 9.27. The third-order valence-corrected chi connectivity index (χ3v) is 5.95. The minimum Gasteiger partial charge on any atom is -0.331 e. The molecule has 2 aromatic carbocycles. The molecule has 27 heavy (non-hydrogen) atoms. The Kier molecular flexibility index (Phi) is 5.65. The summed E-state index contributed by atoms with van der Waals surface area (Å²) in [6, 6.07) is 18.5. The zero-order valence-corrected chi connectivity index (χ0v) is 16.0. The van der Waals surface area contributed by atoms with Gasteiger partial charge in [0.05, 0.1) is 37.4 Å². The van der Waals surface area contributed by atoms with Crippen molar-refractivity contribution < 1.29 is 9.69 Å². The predicted molar refractivity (Wildman–Crippen MR) is 108 cm³/mol. The number of piperazine rings is 1. The van der Waals surface area contributed by atoms with E-state index in [1.54, 1.807) is 11.2 Å². The number of amides is 1. The Morgan fingerprint density at radius 2 is 1.74 bits per heavy atom. The van der Waals surface area contributed by atoms with Gasteiger partial charge in [-0.15, -0.1) is 0 Å². The maximum atomic E-state index is 12.6. The molecular formula is C21H23N4OS+. The molecule has 1 aliphatic rings. The number of rotatable bonds is 5. The predicted octanol–water partition coefficient (Wildman–Crippen LogP) is 1.65. The summed E-state index contributed by atoms with van der Waals surface area (Å²) in [6.45, 7) is 4.69. The largest absolute Gasteiger partial charge is 0.331 e. The number of aromatic nitrogens is 2. The van der Waals surface area contributed by atoms with Crippen LogP contribution in [0.2, 0.25) is 0 Å². The van der Waals surface area contributed by atoms with Crippen molar-refractivity contribution in [3.63, 3.8) is 0 Å². The lowest BCUT2D eigenvalue weighted by Crippen LogP contribution is -3.13. The highest BCUT2D eigenvalue weighted by atomic mass is 32.2. The lowest BCUT2D eigenvalue weighted by molar-refractivity contribution is -0.917. The van der Waals surface area contributed by atoms with Crippen LogP contribution in [0.5, 0.6) is 0 Å². The Bertz CT molecular complexity index is 905. The van der Waals surface area contributed by atoms with E-state index in [4.69, 9.17) is 0 Å². The van der Waals surface area contributed by atoms with Crippen molar-refractivity contribution in [2.24, 2.45) is 0 Å². The molecule has 4 rings (SSSR count). The SMILES string of the molecule is O=C(CSc1ncnc2ccccc12)N1CC[NH+](Cc2ccccc2)CC1. The van der Waals surface area contributed by atoms with Crippen LogP contribution < -0.4 is 4.90 Å². The maximum absolute atomic E-state index is 12.6. The number of nitrogens with one attached hydrogen (secondary N) is 1. The maximum Gasteiger partial charge on any atom is 0.233 e. The van der Waals surface area contributed by atoms with Crippen molar-refractivity contribution in [2.75, 3.05) is 31.9 Å². The molecule has 1 aliphatic heterocycles. The van der Waals surface area contributed by atoms with Gasteiger partial charge in [-0.1, -0.05) is 60.3 Å². The van der Waals surface area contributed by atoms with Crippen LogP contribution in [0.15, 0.2) is 66.0 Å². The van der Waals surface area contributed by atoms with E-state index in [2.05, 4.69) is 34.2 Å². The fourth-order valence-electron chi connectivity index (χ4n) is 3.45. The minimum absolute atomic E-state index is 0.196. The van der Waals surface area contributed by atoms with E-state index >= 15 is 0 Å². The van der Waals surface area contributed by atoms with Crippen LogP contribution in [0.4, 0.5) is 0 Å². The van der Waals surface area contributed by atoms with Crippen LogP contribution in [0.25, 0.3) is 10.9 Å². The molecular weight excluding hydrogens is 356 g/mol. The second kappa shape index (κ2) is 8.50. The lowest BCUT2D eigenvalue weighted by atomic mass is 10.2. The molecule has 6 heteroatoms. The van der Waals surface area contributed by atoms with Crippen LogP contribution in [0, 0.1) is 0 Å². The summed E-state index contributed by atoms with van der Waals surface area (Å²) in [6.07, 6.45) is 1.57. The summed E-state index contributed by atoms with van der Waals surface area (Å²) in [7, 11) is 0. The van der Waals surface area contributed by atoms with E-state index < -0.39 is 0 Å². The molecule has 0 bridgehead atoms. The molecule has 3 aromatic rings. The van der Waals surface area contributed by atoms with Gasteiger partial charge in [-0.25, -0.2) is 9.97 Å². The summed E-state index contributed by atoms with van der Waals surface area (Å²) >= 11 is 1.51. The number of nitrogens with zero attached hydrogens (tertiary/aromatic N) is 3. The van der Waals surface area contributed by atoms with Crippen LogP contribution in [-0.4, -0.2) is 52.7 Å². The second-order valence-electron chi connectivity index (χ2n) is 6.78. The van der Waals surface area contributed by atoms with Gasteiger partial charge in [-0.05, 0) is 6.07 Å². The average molecular weight is 380 g/mol. The van der Waals surface area contributed by atoms with Crippen molar-refractivity contribution >= 4 is 28.6 Å². The molecule has 1 fully saturated rings. The molecule has 1 aromatic heterocycles. The highest BCUT2D eigenvalue weighted by molar-refractivity contribution is 8.00. The molecule has 5 nitrogen and oxygen atoms in total. The summed E-state index contributed by atoms with van der Waals surface area (Å²) in [4.78, 5) is 24.8. The number of fused-ring (bicyclic) bond motifs is 1. The standard InChI is InChI=1S/C21H22N4OS/c26-20(15-27-21-18-8-4-5-9-19(18)22-16-23-21)25-12-10-24(11-13-25)14-17-6-2-1-3-7-17/h1-9,16H,10-15H2/p+1. The molecule has 0 saturated carbocycles. The lowest BCUT2D eigenvalue weighted by Gasteiger charge is -2.32. The Hall–Kier alpha value is -2.44. The fourth-order valence-corrected chi connectivity index (χ4v) is 4.34. The van der Waals surface area contributed by atoms with Crippen molar-refractivity contribution in [3.8, 4) is 0 Å². The number of quaternary nitrogens is 1. The van der Waals surface area contributed by atoms with Gasteiger partial charge in [-0.2, -0.15) is 0 Å². The molecule has 0 unspecified atom stereocenters. The number of thioether (sulfide) groups is 1. The highest BCUT2D eigenvalue weighted by Crippen LogP contribution is 2.24. The van der Waals surface area contributed by atoms with E-state index in [1.807, 2.05) is 35.2 Å². The highest BCUT2D eigenvalue weighted by Gasteiger charge is 2.23. The molecule has 0 atom stereocenters. The van der Waals surface area contributed by atoms with E-state index in [1.165, 1.54) is 17.3 Å². The topological polar surface area (TPSA) is 50.5 Å². The number of benzene rings is 2. The Labute approximate surface area is 163 Å². The van der Waals surface area contributed by atoms with Gasteiger partial charge in [0.1, 0.15) is 17.9 Å². The number of carbonyl (C=O) groups excluding carboxylic acids is 1. The van der Waals surface area contributed by atoms with Gasteiger partial charge in [0.15, 0.2) is 0 Å². The van der Waals surface area contributed by atoms with Crippen molar-refractivity contribution in [1.82, 2.24) is 14.9 Å². The van der Waals surface area contributed by atoms with Crippen LogP contribution in [-0.2, 0) is 11.3 Å². The normalized spacial score (nSPS) is 15.2. The summed E-state index contributed by atoms with van der Waals surface area (Å²) in [5.41, 5.74) is 2.28. The first-order valence-corrected chi connectivity index (χ1v) is 10.3. The molecule has 2 heterocycles. The number of para-hydroxylation sites is 1. The van der Waals surface area contributed by atoms with Crippen molar-refractivity contribution in [1.29, 1.82) is 0 Å². The van der Waals surface area contributed by atoms with Gasteiger partial charge in [0.2, 0.25) is 5.91 Å². The Balaban J connectivity index is 1.29. The second-order valence-corrected chi connectivity index (χ2v) is 7.74. The molecule has 138 valence electrons. The monoisotopic (exact) mass is 379 g/mol. The van der Waals surface area contributed by atoms with Crippen LogP contribution >= 0.6 is 11.8 Å². The summed E-state index contributed by atoms with van der Waals surface area (Å²) in [5.74, 6) is 0.621. The van der Waals surface area contributed by atoms with Crippen LogP contribution in [0.3, 0.4) is 0 Å². The third kappa shape index (κ3) is 4.46. The number of hydrogen-bond donors (Lipinski definition) is 1. The van der Waals surface area contributed by atoms with Crippen LogP contribution in [0.1, 0.15) is 5.56 Å². The molecule has 1 saturated heterocycles. The van der Waals surface area contributed by atoms with Gasteiger partial charge in [-0.3, -0.25) is 4.79 Å². The number of carbonyl (C=O) groups is 1. The Morgan fingerprint density at radius 1 is 1.00 bits per heavy atom. The molecule has 0 radical (unpaired) electrons. The van der Waals surface area contributed by atoms with Gasteiger partial charge in [0, 0.05) is 10.9 Å². The van der Waals surface area contributed by atoms with E-state index in [9.17, 15) is 4.79 Å². The zero-order valence-electron chi connectivity index (χ0n) is 15.2. The van der Waals surface area contributed by atoms with E-state index in [0.29, 0.717) is 5.75 Å². The van der Waals surface area contributed by atoms with Crippen molar-refractivity contribution in [2.45, 2.75) is 11.6 Å². The minimum atomic E-state index is 0.196. The molecule has 0 spiro atoms. The number of hydrogen-bond acceptors (Lipinski definition) is 4.